The van der Waals surface area contributed by atoms with Crippen molar-refractivity contribution in [2.24, 2.45) is 17.8 Å². The van der Waals surface area contributed by atoms with Crippen molar-refractivity contribution < 1.29 is 9.84 Å². The molecular formula is C11H16O2. The number of hydrogen-bond donors (Lipinski definition) is 1. The Balaban J connectivity index is 1.66. The van der Waals surface area contributed by atoms with Crippen LogP contribution < -0.4 is 0 Å². The first-order valence-electron chi connectivity index (χ1n) is 5.36. The van der Waals surface area contributed by atoms with Crippen molar-refractivity contribution in [3.8, 4) is 0 Å². The van der Waals surface area contributed by atoms with E-state index in [0.717, 1.165) is 30.4 Å². The maximum atomic E-state index is 10.0. The minimum atomic E-state index is -0.183. The van der Waals surface area contributed by atoms with Crippen molar-refractivity contribution in [3.63, 3.8) is 0 Å². The second-order valence-electron chi connectivity index (χ2n) is 4.59. The van der Waals surface area contributed by atoms with E-state index in [1.54, 1.807) is 6.26 Å². The van der Waals surface area contributed by atoms with Crippen molar-refractivity contribution in [1.82, 2.24) is 0 Å². The van der Waals surface area contributed by atoms with Crippen LogP contribution in [-0.4, -0.2) is 17.8 Å². The predicted octanol–water partition coefficient (Wildman–Crippen LogP) is 1.70. The van der Waals surface area contributed by atoms with Gasteiger partial charge >= 0.3 is 0 Å². The number of hydrogen-bond acceptors (Lipinski definition) is 2. The van der Waals surface area contributed by atoms with Crippen LogP contribution in [0, 0.1) is 17.8 Å². The van der Waals surface area contributed by atoms with Gasteiger partial charge in [-0.3, -0.25) is 0 Å². The number of aliphatic hydroxyl groups is 1. The van der Waals surface area contributed by atoms with Crippen LogP contribution in [0.1, 0.15) is 25.7 Å². The van der Waals surface area contributed by atoms with Gasteiger partial charge in [0.15, 0.2) is 0 Å². The van der Waals surface area contributed by atoms with Gasteiger partial charge < -0.3 is 9.84 Å². The molecule has 72 valence electrons. The summed E-state index contributed by atoms with van der Waals surface area (Å²) in [4.78, 5) is 0. The lowest BCUT2D eigenvalue weighted by atomic mass is 9.99. The van der Waals surface area contributed by atoms with Crippen LogP contribution in [0.25, 0.3) is 0 Å². The molecule has 2 fully saturated rings. The van der Waals surface area contributed by atoms with Crippen molar-refractivity contribution >= 4 is 0 Å². The number of ether oxygens (including phenoxy) is 1. The molecule has 0 amide bonds. The summed E-state index contributed by atoms with van der Waals surface area (Å²) in [5.74, 6) is 2.27. The number of rotatable bonds is 2. The lowest BCUT2D eigenvalue weighted by molar-refractivity contribution is 0.168. The van der Waals surface area contributed by atoms with Gasteiger partial charge in [0.05, 0.1) is 19.0 Å². The third-order valence-electron chi connectivity index (χ3n) is 3.96. The third kappa shape index (κ3) is 1.12. The summed E-state index contributed by atoms with van der Waals surface area (Å²) >= 11 is 0. The Hall–Kier alpha value is -0.500. The molecule has 13 heavy (non-hydrogen) atoms. The Morgan fingerprint density at radius 3 is 2.77 bits per heavy atom. The van der Waals surface area contributed by atoms with E-state index in [2.05, 4.69) is 0 Å². The highest BCUT2D eigenvalue weighted by atomic mass is 16.5. The molecule has 0 radical (unpaired) electrons. The standard InChI is InChI=1S/C11H16O2/c12-11(7-4-5-13-6-7)10-8-2-1-3-9(8)10/h6,8-12H,1-5H2. The zero-order chi connectivity index (χ0) is 8.84. The molecule has 1 aliphatic heterocycles. The van der Waals surface area contributed by atoms with Crippen LogP contribution in [0.2, 0.25) is 0 Å². The predicted molar refractivity (Wildman–Crippen MR) is 49.0 cm³/mol. The SMILES string of the molecule is OC(C1=COCC1)C1C2CCCC21. The van der Waals surface area contributed by atoms with Gasteiger partial charge in [0, 0.05) is 6.42 Å². The van der Waals surface area contributed by atoms with Crippen LogP contribution >= 0.6 is 0 Å². The molecule has 0 aromatic heterocycles. The fourth-order valence-electron chi connectivity index (χ4n) is 3.21. The minimum absolute atomic E-state index is 0.183. The van der Waals surface area contributed by atoms with Crippen LogP contribution in [0.15, 0.2) is 11.8 Å². The summed E-state index contributed by atoms with van der Waals surface area (Å²) in [7, 11) is 0. The summed E-state index contributed by atoms with van der Waals surface area (Å²) in [6.45, 7) is 0.772. The first kappa shape index (κ1) is 7.86. The molecular weight excluding hydrogens is 164 g/mol. The highest BCUT2D eigenvalue weighted by molar-refractivity contribution is 5.17. The van der Waals surface area contributed by atoms with Gasteiger partial charge in [-0.05, 0) is 36.2 Å². The smallest absolute Gasteiger partial charge is 0.0912 e. The van der Waals surface area contributed by atoms with Gasteiger partial charge in [-0.25, -0.2) is 0 Å². The molecule has 3 rings (SSSR count). The second kappa shape index (κ2) is 2.74. The molecule has 1 N–H and O–H groups in total. The molecule has 0 aromatic carbocycles. The Morgan fingerprint density at radius 1 is 1.38 bits per heavy atom. The summed E-state index contributed by atoms with van der Waals surface area (Å²) in [6.07, 6.45) is 6.61. The van der Waals surface area contributed by atoms with E-state index in [0.29, 0.717) is 5.92 Å². The second-order valence-corrected chi connectivity index (χ2v) is 4.59. The monoisotopic (exact) mass is 180 g/mol. The van der Waals surface area contributed by atoms with Gasteiger partial charge in [-0.15, -0.1) is 0 Å². The molecule has 3 atom stereocenters. The fourth-order valence-corrected chi connectivity index (χ4v) is 3.21. The van der Waals surface area contributed by atoms with Crippen molar-refractivity contribution in [1.29, 1.82) is 0 Å². The normalized spacial score (nSPS) is 43.8. The molecule has 3 unspecified atom stereocenters. The summed E-state index contributed by atoms with van der Waals surface area (Å²) in [6, 6.07) is 0. The van der Waals surface area contributed by atoms with Gasteiger partial charge in [-0.1, -0.05) is 6.42 Å². The number of aliphatic hydroxyl groups excluding tert-OH is 1. The average molecular weight is 180 g/mol. The third-order valence-corrected chi connectivity index (χ3v) is 3.96. The summed E-state index contributed by atoms with van der Waals surface area (Å²) in [5, 5.41) is 10.0. The van der Waals surface area contributed by atoms with E-state index in [9.17, 15) is 5.11 Å². The molecule has 0 spiro atoms. The lowest BCUT2D eigenvalue weighted by Crippen LogP contribution is -2.15. The van der Waals surface area contributed by atoms with Crippen molar-refractivity contribution in [2.75, 3.05) is 6.61 Å². The quantitative estimate of drug-likeness (QED) is 0.700. The van der Waals surface area contributed by atoms with E-state index in [-0.39, 0.29) is 6.10 Å². The van der Waals surface area contributed by atoms with Gasteiger partial charge in [-0.2, -0.15) is 0 Å². The van der Waals surface area contributed by atoms with Crippen LogP contribution in [0.4, 0.5) is 0 Å². The van der Waals surface area contributed by atoms with E-state index in [4.69, 9.17) is 4.74 Å². The lowest BCUT2D eigenvalue weighted by Gasteiger charge is -2.12. The highest BCUT2D eigenvalue weighted by Crippen LogP contribution is 2.60. The summed E-state index contributed by atoms with van der Waals surface area (Å²) in [5.41, 5.74) is 1.14. The summed E-state index contributed by atoms with van der Waals surface area (Å²) < 4.78 is 5.16. The Labute approximate surface area is 78.6 Å². The van der Waals surface area contributed by atoms with Crippen LogP contribution in [0.3, 0.4) is 0 Å². The molecule has 2 saturated carbocycles. The molecule has 2 heteroatoms. The fraction of sp³-hybridized carbons (Fsp3) is 0.818. The van der Waals surface area contributed by atoms with Gasteiger partial charge in [0.1, 0.15) is 0 Å². The van der Waals surface area contributed by atoms with E-state index in [1.807, 2.05) is 0 Å². The molecule has 2 nitrogen and oxygen atoms in total. The molecule has 1 heterocycles. The maximum Gasteiger partial charge on any atom is 0.0912 e. The van der Waals surface area contributed by atoms with E-state index < -0.39 is 0 Å². The largest absolute Gasteiger partial charge is 0.501 e. The molecule has 2 aliphatic carbocycles. The maximum absolute atomic E-state index is 10.0. The molecule has 0 saturated heterocycles. The van der Waals surface area contributed by atoms with Gasteiger partial charge in [0.2, 0.25) is 0 Å². The van der Waals surface area contributed by atoms with Crippen molar-refractivity contribution in [2.45, 2.75) is 31.8 Å². The van der Waals surface area contributed by atoms with Gasteiger partial charge in [0.25, 0.3) is 0 Å². The Kier molecular flexibility index (Phi) is 1.66. The molecule has 3 aliphatic rings. The van der Waals surface area contributed by atoms with Crippen LogP contribution in [0.5, 0.6) is 0 Å². The zero-order valence-electron chi connectivity index (χ0n) is 7.78. The first-order valence-corrected chi connectivity index (χ1v) is 5.36. The highest BCUT2D eigenvalue weighted by Gasteiger charge is 2.56. The molecule has 0 aromatic rings. The number of fused-ring (bicyclic) bond motifs is 1. The topological polar surface area (TPSA) is 29.5 Å². The molecule has 0 bridgehead atoms. The average Bonchev–Trinajstić information content (AvgIpc) is 2.68. The Morgan fingerprint density at radius 2 is 2.15 bits per heavy atom. The Bertz CT molecular complexity index is 236. The first-order chi connectivity index (χ1) is 6.38. The zero-order valence-corrected chi connectivity index (χ0v) is 7.78. The van der Waals surface area contributed by atoms with E-state index in [1.165, 1.54) is 19.3 Å². The minimum Gasteiger partial charge on any atom is -0.501 e. The van der Waals surface area contributed by atoms with Crippen molar-refractivity contribution in [3.05, 3.63) is 11.8 Å². The van der Waals surface area contributed by atoms with Crippen LogP contribution in [-0.2, 0) is 4.74 Å². The van der Waals surface area contributed by atoms with E-state index >= 15 is 0 Å².